The van der Waals surface area contributed by atoms with Crippen molar-refractivity contribution in [1.82, 2.24) is 9.78 Å². The molecule has 1 aromatic heterocycles. The Labute approximate surface area is 127 Å². The van der Waals surface area contributed by atoms with Crippen LogP contribution in [-0.4, -0.2) is 15.7 Å². The van der Waals surface area contributed by atoms with Gasteiger partial charge in [0.05, 0.1) is 15.9 Å². The summed E-state index contributed by atoms with van der Waals surface area (Å²) in [5, 5.41) is 4.44. The second-order valence-corrected chi connectivity index (χ2v) is 5.98. The van der Waals surface area contributed by atoms with Crippen LogP contribution in [0.2, 0.25) is 0 Å². The molecule has 102 valence electrons. The first-order valence-electron chi connectivity index (χ1n) is 6.34. The van der Waals surface area contributed by atoms with Gasteiger partial charge in [-0.1, -0.05) is 24.3 Å². The molecule has 2 aromatic rings. The van der Waals surface area contributed by atoms with Gasteiger partial charge < -0.3 is 0 Å². The molecule has 1 atom stereocenters. The number of aromatic nitrogens is 2. The molecule has 1 unspecified atom stereocenters. The van der Waals surface area contributed by atoms with Crippen LogP contribution in [-0.2, 0) is 13.5 Å². The lowest BCUT2D eigenvalue weighted by Gasteiger charge is -2.17. The molecule has 19 heavy (non-hydrogen) atoms. The zero-order valence-electron chi connectivity index (χ0n) is 11.5. The van der Waals surface area contributed by atoms with Gasteiger partial charge in [-0.2, -0.15) is 5.10 Å². The smallest absolute Gasteiger partial charge is 0.0738 e. The Hall–Kier alpha value is -0.800. The molecular weight excluding hydrogens is 324 g/mol. The summed E-state index contributed by atoms with van der Waals surface area (Å²) in [5.74, 6) is 0.926. The molecule has 0 spiro atoms. The third-order valence-corrected chi connectivity index (χ3v) is 4.92. The first-order chi connectivity index (χ1) is 9.04. The van der Waals surface area contributed by atoms with Crippen molar-refractivity contribution in [2.45, 2.75) is 26.2 Å². The number of hydrogen-bond donors (Lipinski definition) is 0. The minimum atomic E-state index is 0.314. The van der Waals surface area contributed by atoms with Crippen molar-refractivity contribution in [2.24, 2.45) is 7.05 Å². The molecular formula is C15H18BrClN2. The van der Waals surface area contributed by atoms with Crippen LogP contribution in [0.25, 0.3) is 0 Å². The third kappa shape index (κ3) is 3.03. The summed E-state index contributed by atoms with van der Waals surface area (Å²) in [6.45, 7) is 4.15. The molecule has 0 saturated carbocycles. The summed E-state index contributed by atoms with van der Waals surface area (Å²) < 4.78 is 3.04. The largest absolute Gasteiger partial charge is 0.271 e. The van der Waals surface area contributed by atoms with Gasteiger partial charge in [0.15, 0.2) is 0 Å². The van der Waals surface area contributed by atoms with Gasteiger partial charge in [0.1, 0.15) is 0 Å². The predicted molar refractivity (Wildman–Crippen MR) is 84.0 cm³/mol. The molecule has 0 saturated heterocycles. The molecule has 0 N–H and O–H groups in total. The fraction of sp³-hybridized carbons (Fsp3) is 0.400. The molecule has 0 radical (unpaired) electrons. The number of hydrogen-bond acceptors (Lipinski definition) is 1. The molecule has 0 aliphatic rings. The van der Waals surface area contributed by atoms with E-state index in [1.807, 2.05) is 18.7 Å². The summed E-state index contributed by atoms with van der Waals surface area (Å²) in [7, 11) is 1.98. The molecule has 0 fully saturated rings. The number of rotatable bonds is 4. The van der Waals surface area contributed by atoms with Crippen molar-refractivity contribution in [1.29, 1.82) is 0 Å². The van der Waals surface area contributed by atoms with Gasteiger partial charge in [-0.05, 0) is 47.3 Å². The van der Waals surface area contributed by atoms with Gasteiger partial charge in [-0.25, -0.2) is 0 Å². The number of benzene rings is 1. The standard InChI is InChI=1S/C15H18BrClN2/c1-10-6-4-5-7-13(10)12(9-17)8-14-15(16)11(2)18-19(14)3/h4-7,12H,8-9H2,1-3H3. The van der Waals surface area contributed by atoms with Crippen LogP contribution in [0.15, 0.2) is 28.7 Å². The minimum absolute atomic E-state index is 0.314. The lowest BCUT2D eigenvalue weighted by molar-refractivity contribution is 0.654. The van der Waals surface area contributed by atoms with E-state index in [1.54, 1.807) is 0 Å². The highest BCUT2D eigenvalue weighted by Gasteiger charge is 2.18. The molecule has 4 heteroatoms. The van der Waals surface area contributed by atoms with E-state index < -0.39 is 0 Å². The second-order valence-electron chi connectivity index (χ2n) is 4.88. The molecule has 1 heterocycles. The average molecular weight is 342 g/mol. The zero-order valence-corrected chi connectivity index (χ0v) is 13.8. The monoisotopic (exact) mass is 340 g/mol. The number of nitrogens with zero attached hydrogens (tertiary/aromatic N) is 2. The lowest BCUT2D eigenvalue weighted by atomic mass is 9.92. The predicted octanol–water partition coefficient (Wildman–Crippen LogP) is 4.36. The van der Waals surface area contributed by atoms with E-state index in [4.69, 9.17) is 11.6 Å². The number of alkyl halides is 1. The Kier molecular flexibility index (Phi) is 4.69. The van der Waals surface area contributed by atoms with Crippen molar-refractivity contribution < 1.29 is 0 Å². The molecule has 2 rings (SSSR count). The van der Waals surface area contributed by atoms with Crippen LogP contribution in [0.5, 0.6) is 0 Å². The molecule has 0 bridgehead atoms. The van der Waals surface area contributed by atoms with E-state index in [0.29, 0.717) is 11.8 Å². The Morgan fingerprint density at radius 2 is 2.00 bits per heavy atom. The Morgan fingerprint density at radius 1 is 1.32 bits per heavy atom. The molecule has 2 nitrogen and oxygen atoms in total. The quantitative estimate of drug-likeness (QED) is 0.755. The highest BCUT2D eigenvalue weighted by molar-refractivity contribution is 9.10. The van der Waals surface area contributed by atoms with E-state index in [-0.39, 0.29) is 0 Å². The van der Waals surface area contributed by atoms with Crippen LogP contribution in [0.4, 0.5) is 0 Å². The van der Waals surface area contributed by atoms with Crippen LogP contribution in [0.1, 0.15) is 28.4 Å². The van der Waals surface area contributed by atoms with E-state index in [9.17, 15) is 0 Å². The fourth-order valence-corrected chi connectivity index (χ4v) is 3.20. The van der Waals surface area contributed by atoms with Crippen LogP contribution < -0.4 is 0 Å². The molecule has 0 aliphatic heterocycles. The number of aryl methyl sites for hydroxylation is 3. The molecule has 0 amide bonds. The maximum absolute atomic E-state index is 6.19. The second kappa shape index (κ2) is 6.10. The SMILES string of the molecule is Cc1ccccc1C(CCl)Cc1c(Br)c(C)nn1C. The maximum atomic E-state index is 6.19. The van der Waals surface area contributed by atoms with Crippen molar-refractivity contribution in [3.05, 3.63) is 51.3 Å². The minimum Gasteiger partial charge on any atom is -0.271 e. The van der Waals surface area contributed by atoms with Gasteiger partial charge in [0.25, 0.3) is 0 Å². The van der Waals surface area contributed by atoms with Crippen LogP contribution in [0.3, 0.4) is 0 Å². The number of halogens is 2. The first-order valence-corrected chi connectivity index (χ1v) is 7.66. The van der Waals surface area contributed by atoms with Crippen LogP contribution >= 0.6 is 27.5 Å². The Morgan fingerprint density at radius 3 is 2.53 bits per heavy atom. The lowest BCUT2D eigenvalue weighted by Crippen LogP contribution is -2.10. The van der Waals surface area contributed by atoms with Crippen LogP contribution in [0, 0.1) is 13.8 Å². The van der Waals surface area contributed by atoms with Gasteiger partial charge in [-0.3, -0.25) is 4.68 Å². The van der Waals surface area contributed by atoms with Crippen molar-refractivity contribution in [2.75, 3.05) is 5.88 Å². The van der Waals surface area contributed by atoms with E-state index in [0.717, 1.165) is 16.6 Å². The van der Waals surface area contributed by atoms with Crippen molar-refractivity contribution >= 4 is 27.5 Å². The summed E-state index contributed by atoms with van der Waals surface area (Å²) in [6.07, 6.45) is 0.895. The Bertz CT molecular complexity index is 578. The van der Waals surface area contributed by atoms with E-state index in [2.05, 4.69) is 52.2 Å². The average Bonchev–Trinajstić information content (AvgIpc) is 2.63. The normalized spacial score (nSPS) is 12.7. The fourth-order valence-electron chi connectivity index (χ4n) is 2.43. The molecule has 0 aliphatic carbocycles. The Balaban J connectivity index is 2.32. The van der Waals surface area contributed by atoms with Crippen molar-refractivity contribution in [3.63, 3.8) is 0 Å². The van der Waals surface area contributed by atoms with E-state index in [1.165, 1.54) is 16.8 Å². The van der Waals surface area contributed by atoms with Gasteiger partial charge >= 0.3 is 0 Å². The summed E-state index contributed by atoms with van der Waals surface area (Å²) >= 11 is 9.81. The summed E-state index contributed by atoms with van der Waals surface area (Å²) in [4.78, 5) is 0. The topological polar surface area (TPSA) is 17.8 Å². The first kappa shape index (κ1) is 14.6. The van der Waals surface area contributed by atoms with Gasteiger partial charge in [0, 0.05) is 18.8 Å². The van der Waals surface area contributed by atoms with Crippen molar-refractivity contribution in [3.8, 4) is 0 Å². The van der Waals surface area contributed by atoms with Gasteiger partial charge in [0.2, 0.25) is 0 Å². The summed E-state index contributed by atoms with van der Waals surface area (Å²) in [6, 6.07) is 8.44. The molecule has 1 aromatic carbocycles. The van der Waals surface area contributed by atoms with Gasteiger partial charge in [-0.15, -0.1) is 11.6 Å². The highest BCUT2D eigenvalue weighted by Crippen LogP contribution is 2.29. The van der Waals surface area contributed by atoms with E-state index >= 15 is 0 Å². The maximum Gasteiger partial charge on any atom is 0.0738 e. The third-order valence-electron chi connectivity index (χ3n) is 3.52. The summed E-state index contributed by atoms with van der Waals surface area (Å²) in [5.41, 5.74) is 4.84. The zero-order chi connectivity index (χ0) is 14.0. The highest BCUT2D eigenvalue weighted by atomic mass is 79.9.